The molecular weight excluding hydrogens is 220 g/mol. The molecule has 0 aliphatic heterocycles. The van der Waals surface area contributed by atoms with Crippen LogP contribution in [0.1, 0.15) is 34.3 Å². The van der Waals surface area contributed by atoms with Gasteiger partial charge in [0.2, 0.25) is 0 Å². The Hall–Kier alpha value is -1.64. The Morgan fingerprint density at radius 1 is 0.667 bits per heavy atom. The lowest BCUT2D eigenvalue weighted by molar-refractivity contribution is 0.569. The Morgan fingerprint density at radius 3 is 1.33 bits per heavy atom. The molecule has 2 atom stereocenters. The summed E-state index contributed by atoms with van der Waals surface area (Å²) >= 11 is 0. The maximum atomic E-state index is 6.32. The largest absolute Gasteiger partial charge is 0.322 e. The predicted molar refractivity (Wildman–Crippen MR) is 76.2 cm³/mol. The van der Waals surface area contributed by atoms with Crippen molar-refractivity contribution in [2.45, 2.75) is 25.9 Å². The lowest BCUT2D eigenvalue weighted by Gasteiger charge is -2.23. The molecule has 0 bridgehead atoms. The van der Waals surface area contributed by atoms with Crippen LogP contribution in [0.2, 0.25) is 0 Å². The third-order valence-corrected chi connectivity index (χ3v) is 3.48. The van der Waals surface area contributed by atoms with Crippen LogP contribution in [0.15, 0.2) is 48.5 Å². The van der Waals surface area contributed by atoms with E-state index in [-0.39, 0.29) is 12.1 Å². The summed E-state index contributed by atoms with van der Waals surface area (Å²) in [6.45, 7) is 4.14. The summed E-state index contributed by atoms with van der Waals surface area (Å²) < 4.78 is 0. The number of hydrogen-bond acceptors (Lipinski definition) is 2. The zero-order chi connectivity index (χ0) is 13.1. The smallest absolute Gasteiger partial charge is 0.0493 e. The summed E-state index contributed by atoms with van der Waals surface area (Å²) in [5.41, 5.74) is 17.2. The van der Waals surface area contributed by atoms with Crippen LogP contribution in [0.4, 0.5) is 0 Å². The molecular formula is C16H20N2. The summed E-state index contributed by atoms with van der Waals surface area (Å²) in [6.07, 6.45) is 0. The van der Waals surface area contributed by atoms with E-state index in [1.807, 2.05) is 24.3 Å². The number of aryl methyl sites for hydroxylation is 2. The third kappa shape index (κ3) is 2.45. The molecule has 0 spiro atoms. The normalized spacial score (nSPS) is 14.2. The van der Waals surface area contributed by atoms with Crippen LogP contribution in [0.25, 0.3) is 0 Å². The van der Waals surface area contributed by atoms with E-state index < -0.39 is 0 Å². The van der Waals surface area contributed by atoms with Gasteiger partial charge in [0.25, 0.3) is 0 Å². The van der Waals surface area contributed by atoms with Gasteiger partial charge in [-0.3, -0.25) is 0 Å². The van der Waals surface area contributed by atoms with Gasteiger partial charge in [0, 0.05) is 12.1 Å². The van der Waals surface area contributed by atoms with E-state index in [4.69, 9.17) is 11.5 Å². The SMILES string of the molecule is Cc1ccccc1C(N)[C@H](N)c1ccccc1C. The molecule has 4 N–H and O–H groups in total. The van der Waals surface area contributed by atoms with Crippen molar-refractivity contribution in [3.8, 4) is 0 Å². The second-order valence-corrected chi connectivity index (χ2v) is 4.76. The van der Waals surface area contributed by atoms with E-state index >= 15 is 0 Å². The lowest BCUT2D eigenvalue weighted by Crippen LogP contribution is -2.27. The summed E-state index contributed by atoms with van der Waals surface area (Å²) in [6, 6.07) is 15.9. The van der Waals surface area contributed by atoms with Crippen molar-refractivity contribution in [2.75, 3.05) is 0 Å². The summed E-state index contributed by atoms with van der Waals surface area (Å²) in [5.74, 6) is 0. The monoisotopic (exact) mass is 240 g/mol. The van der Waals surface area contributed by atoms with Crippen LogP contribution >= 0.6 is 0 Å². The van der Waals surface area contributed by atoms with Gasteiger partial charge < -0.3 is 11.5 Å². The first-order chi connectivity index (χ1) is 8.61. The van der Waals surface area contributed by atoms with Gasteiger partial charge in [-0.1, -0.05) is 48.5 Å². The van der Waals surface area contributed by atoms with Gasteiger partial charge in [0.05, 0.1) is 0 Å². The van der Waals surface area contributed by atoms with Crippen LogP contribution in [0, 0.1) is 13.8 Å². The number of hydrogen-bond donors (Lipinski definition) is 2. The molecule has 18 heavy (non-hydrogen) atoms. The van der Waals surface area contributed by atoms with Gasteiger partial charge in [-0.25, -0.2) is 0 Å². The molecule has 0 fully saturated rings. The molecule has 2 heteroatoms. The highest BCUT2D eigenvalue weighted by Gasteiger charge is 2.19. The fraction of sp³-hybridized carbons (Fsp3) is 0.250. The molecule has 2 aromatic rings. The highest BCUT2D eigenvalue weighted by atomic mass is 14.8. The first kappa shape index (κ1) is 12.8. The fourth-order valence-corrected chi connectivity index (χ4v) is 2.31. The molecule has 0 aromatic heterocycles. The summed E-state index contributed by atoms with van der Waals surface area (Å²) in [7, 11) is 0. The Kier molecular flexibility index (Phi) is 3.80. The fourth-order valence-electron chi connectivity index (χ4n) is 2.31. The molecule has 0 aliphatic carbocycles. The Labute approximate surface area is 109 Å². The number of benzene rings is 2. The molecule has 0 saturated carbocycles. The molecule has 0 aliphatic rings. The minimum absolute atomic E-state index is 0.174. The lowest BCUT2D eigenvalue weighted by atomic mass is 9.90. The highest BCUT2D eigenvalue weighted by Crippen LogP contribution is 2.28. The Balaban J connectivity index is 2.33. The Morgan fingerprint density at radius 2 is 1.00 bits per heavy atom. The zero-order valence-corrected chi connectivity index (χ0v) is 10.9. The van der Waals surface area contributed by atoms with Gasteiger partial charge >= 0.3 is 0 Å². The van der Waals surface area contributed by atoms with E-state index in [0.29, 0.717) is 0 Å². The van der Waals surface area contributed by atoms with Crippen LogP contribution in [0.5, 0.6) is 0 Å². The molecule has 0 radical (unpaired) electrons. The third-order valence-electron chi connectivity index (χ3n) is 3.48. The maximum Gasteiger partial charge on any atom is 0.0493 e. The first-order valence-corrected chi connectivity index (χ1v) is 6.23. The number of nitrogens with two attached hydrogens (primary N) is 2. The van der Waals surface area contributed by atoms with Crippen molar-refractivity contribution in [1.29, 1.82) is 0 Å². The average Bonchev–Trinajstić information content (AvgIpc) is 2.38. The molecule has 94 valence electrons. The minimum atomic E-state index is -0.174. The molecule has 1 unspecified atom stereocenters. The van der Waals surface area contributed by atoms with Crippen molar-refractivity contribution in [3.63, 3.8) is 0 Å². The predicted octanol–water partition coefficient (Wildman–Crippen LogP) is 3.00. The molecule has 0 heterocycles. The quantitative estimate of drug-likeness (QED) is 0.866. The van der Waals surface area contributed by atoms with Gasteiger partial charge in [-0.15, -0.1) is 0 Å². The van der Waals surface area contributed by atoms with Crippen LogP contribution in [0.3, 0.4) is 0 Å². The maximum absolute atomic E-state index is 6.32. The highest BCUT2D eigenvalue weighted by molar-refractivity contribution is 5.35. The van der Waals surface area contributed by atoms with Gasteiger partial charge in [-0.05, 0) is 36.1 Å². The molecule has 0 saturated heterocycles. The van der Waals surface area contributed by atoms with Gasteiger partial charge in [-0.2, -0.15) is 0 Å². The molecule has 0 amide bonds. The second kappa shape index (κ2) is 5.34. The van der Waals surface area contributed by atoms with Crippen LogP contribution in [-0.2, 0) is 0 Å². The van der Waals surface area contributed by atoms with Crippen molar-refractivity contribution < 1.29 is 0 Å². The summed E-state index contributed by atoms with van der Waals surface area (Å²) in [4.78, 5) is 0. The van der Waals surface area contributed by atoms with E-state index in [0.717, 1.165) is 11.1 Å². The van der Waals surface area contributed by atoms with E-state index in [2.05, 4.69) is 38.1 Å². The van der Waals surface area contributed by atoms with Crippen molar-refractivity contribution in [2.24, 2.45) is 11.5 Å². The van der Waals surface area contributed by atoms with E-state index in [1.165, 1.54) is 11.1 Å². The molecule has 2 rings (SSSR count). The van der Waals surface area contributed by atoms with Gasteiger partial charge in [0.1, 0.15) is 0 Å². The van der Waals surface area contributed by atoms with Crippen LogP contribution < -0.4 is 11.5 Å². The van der Waals surface area contributed by atoms with E-state index in [9.17, 15) is 0 Å². The topological polar surface area (TPSA) is 52.0 Å². The Bertz CT molecular complexity index is 485. The van der Waals surface area contributed by atoms with Gasteiger partial charge in [0.15, 0.2) is 0 Å². The van der Waals surface area contributed by atoms with Crippen molar-refractivity contribution in [3.05, 3.63) is 70.8 Å². The minimum Gasteiger partial charge on any atom is -0.322 e. The number of rotatable bonds is 3. The average molecular weight is 240 g/mol. The second-order valence-electron chi connectivity index (χ2n) is 4.76. The van der Waals surface area contributed by atoms with Crippen LogP contribution in [-0.4, -0.2) is 0 Å². The zero-order valence-electron chi connectivity index (χ0n) is 10.9. The van der Waals surface area contributed by atoms with Crippen molar-refractivity contribution >= 4 is 0 Å². The van der Waals surface area contributed by atoms with Crippen molar-refractivity contribution in [1.82, 2.24) is 0 Å². The standard InChI is InChI=1S/C16H20N2/c1-11-7-3-5-9-13(11)15(17)16(18)14-10-6-4-8-12(14)2/h3-10,15-16H,17-18H2,1-2H3/t15-,16?/m1/s1. The molecule has 2 nitrogen and oxygen atoms in total. The molecule has 2 aromatic carbocycles. The summed E-state index contributed by atoms with van der Waals surface area (Å²) in [5, 5.41) is 0. The van der Waals surface area contributed by atoms with E-state index in [1.54, 1.807) is 0 Å². The first-order valence-electron chi connectivity index (χ1n) is 6.23.